The van der Waals surface area contributed by atoms with Crippen LogP contribution in [0.15, 0.2) is 41.7 Å². The van der Waals surface area contributed by atoms with Crippen molar-refractivity contribution in [3.05, 3.63) is 79.6 Å². The second kappa shape index (κ2) is 6.80. The van der Waals surface area contributed by atoms with Crippen molar-refractivity contribution in [1.82, 2.24) is 4.57 Å². The number of nitrogens with zero attached hydrogens (tertiary/aromatic N) is 3. The van der Waals surface area contributed by atoms with E-state index in [9.17, 15) is 30.1 Å². The Morgan fingerprint density at radius 2 is 2.12 bits per heavy atom. The number of aromatic nitrogens is 1. The van der Waals surface area contributed by atoms with Gasteiger partial charge in [0.05, 0.1) is 10.5 Å². The molecule has 0 atom stereocenters. The highest BCUT2D eigenvalue weighted by atomic mass is 16.6. The minimum atomic E-state index is -0.850. The summed E-state index contributed by atoms with van der Waals surface area (Å²) in [6.45, 7) is 4.66. The molecule has 0 amide bonds. The molecule has 2 rings (SSSR count). The lowest BCUT2D eigenvalue weighted by molar-refractivity contribution is -0.385. The van der Waals surface area contributed by atoms with Crippen LogP contribution in [-0.4, -0.2) is 20.4 Å². The molecule has 1 N–H and O–H groups in total. The SMILES string of the molecule is C=CCn1c(O)c(C(=O)c2ccccc2[N+](=O)[O-])c(C)c(C#N)c1=O. The molecule has 126 valence electrons. The molecule has 0 aliphatic heterocycles. The number of para-hydroxylation sites is 1. The highest BCUT2D eigenvalue weighted by molar-refractivity contribution is 6.13. The molecule has 0 saturated carbocycles. The zero-order valence-corrected chi connectivity index (χ0v) is 13.2. The maximum atomic E-state index is 12.8. The fourth-order valence-corrected chi connectivity index (χ4v) is 2.48. The lowest BCUT2D eigenvalue weighted by Crippen LogP contribution is -2.26. The third-order valence-corrected chi connectivity index (χ3v) is 3.68. The van der Waals surface area contributed by atoms with Crippen LogP contribution >= 0.6 is 0 Å². The van der Waals surface area contributed by atoms with E-state index in [-0.39, 0.29) is 28.8 Å². The molecule has 1 heterocycles. The highest BCUT2D eigenvalue weighted by Gasteiger charge is 2.28. The van der Waals surface area contributed by atoms with Gasteiger partial charge >= 0.3 is 0 Å². The van der Waals surface area contributed by atoms with Gasteiger partial charge in [0.2, 0.25) is 11.7 Å². The summed E-state index contributed by atoms with van der Waals surface area (Å²) < 4.78 is 0.820. The number of nitro benzene ring substituents is 1. The van der Waals surface area contributed by atoms with Gasteiger partial charge in [-0.1, -0.05) is 18.2 Å². The minimum Gasteiger partial charge on any atom is -0.494 e. The summed E-state index contributed by atoms with van der Waals surface area (Å²) >= 11 is 0. The predicted octanol–water partition coefficient (Wildman–Crippen LogP) is 2.06. The average molecular weight is 339 g/mol. The van der Waals surface area contributed by atoms with Crippen molar-refractivity contribution < 1.29 is 14.8 Å². The van der Waals surface area contributed by atoms with E-state index in [4.69, 9.17) is 0 Å². The van der Waals surface area contributed by atoms with Crippen LogP contribution in [0.5, 0.6) is 5.88 Å². The Morgan fingerprint density at radius 1 is 1.48 bits per heavy atom. The molecule has 0 spiro atoms. The number of rotatable bonds is 5. The molecule has 0 radical (unpaired) electrons. The van der Waals surface area contributed by atoms with Crippen LogP contribution in [0.4, 0.5) is 5.69 Å². The maximum absolute atomic E-state index is 12.8. The van der Waals surface area contributed by atoms with E-state index in [0.717, 1.165) is 10.6 Å². The lowest BCUT2D eigenvalue weighted by Gasteiger charge is -2.14. The Balaban J connectivity index is 2.84. The van der Waals surface area contributed by atoms with Crippen LogP contribution < -0.4 is 5.56 Å². The number of carbonyl (C=O) groups excluding carboxylic acids is 1. The van der Waals surface area contributed by atoms with Gasteiger partial charge in [0, 0.05) is 12.6 Å². The van der Waals surface area contributed by atoms with Crippen LogP contribution in [0, 0.1) is 28.4 Å². The zero-order chi connectivity index (χ0) is 18.7. The molecule has 0 fully saturated rings. The summed E-state index contributed by atoms with van der Waals surface area (Å²) in [4.78, 5) is 35.5. The van der Waals surface area contributed by atoms with Gasteiger partial charge in [0.15, 0.2) is 0 Å². The Kier molecular flexibility index (Phi) is 4.79. The van der Waals surface area contributed by atoms with E-state index in [1.165, 1.54) is 31.2 Å². The van der Waals surface area contributed by atoms with Gasteiger partial charge in [-0.05, 0) is 18.6 Å². The summed E-state index contributed by atoms with van der Waals surface area (Å²) in [5.74, 6) is -1.51. The molecule has 2 aromatic rings. The zero-order valence-electron chi connectivity index (χ0n) is 13.2. The first-order chi connectivity index (χ1) is 11.8. The first-order valence-corrected chi connectivity index (χ1v) is 7.10. The summed E-state index contributed by atoms with van der Waals surface area (Å²) in [5, 5.41) is 30.7. The number of benzene rings is 1. The molecule has 8 nitrogen and oxygen atoms in total. The summed E-state index contributed by atoms with van der Waals surface area (Å²) in [6.07, 6.45) is 1.32. The average Bonchev–Trinajstić information content (AvgIpc) is 2.59. The van der Waals surface area contributed by atoms with E-state index in [0.29, 0.717) is 0 Å². The molecule has 25 heavy (non-hydrogen) atoms. The number of nitriles is 1. The summed E-state index contributed by atoms with van der Waals surface area (Å²) in [6, 6.07) is 6.96. The third-order valence-electron chi connectivity index (χ3n) is 3.68. The molecule has 0 bridgehead atoms. The number of nitro groups is 1. The standard InChI is InChI=1S/C17H13N3O5/c1-3-8-19-16(22)12(9-18)10(2)14(17(19)23)15(21)11-6-4-5-7-13(11)20(24)25/h3-7,23H,1,8H2,2H3. The molecule has 0 saturated heterocycles. The van der Waals surface area contributed by atoms with Crippen LogP contribution in [0.25, 0.3) is 0 Å². The van der Waals surface area contributed by atoms with E-state index >= 15 is 0 Å². The quantitative estimate of drug-likeness (QED) is 0.384. The van der Waals surface area contributed by atoms with E-state index < -0.39 is 27.8 Å². The van der Waals surface area contributed by atoms with Crippen LogP contribution in [-0.2, 0) is 6.54 Å². The molecule has 0 aliphatic rings. The van der Waals surface area contributed by atoms with E-state index in [2.05, 4.69) is 6.58 Å². The van der Waals surface area contributed by atoms with Gasteiger partial charge < -0.3 is 5.11 Å². The number of aromatic hydroxyl groups is 1. The van der Waals surface area contributed by atoms with Gasteiger partial charge in [-0.3, -0.25) is 24.3 Å². The number of allylic oxidation sites excluding steroid dienone is 1. The van der Waals surface area contributed by atoms with Crippen molar-refractivity contribution in [1.29, 1.82) is 5.26 Å². The number of hydrogen-bond acceptors (Lipinski definition) is 6. The fraction of sp³-hybridized carbons (Fsp3) is 0.118. The molecule has 8 heteroatoms. The van der Waals surface area contributed by atoms with Crippen molar-refractivity contribution in [2.45, 2.75) is 13.5 Å². The highest BCUT2D eigenvalue weighted by Crippen LogP contribution is 2.28. The van der Waals surface area contributed by atoms with Gasteiger partial charge in [-0.2, -0.15) is 5.26 Å². The lowest BCUT2D eigenvalue weighted by atomic mass is 9.96. The van der Waals surface area contributed by atoms with Gasteiger partial charge in [-0.15, -0.1) is 6.58 Å². The van der Waals surface area contributed by atoms with E-state index in [1.807, 2.05) is 0 Å². The monoisotopic (exact) mass is 339 g/mol. The fourth-order valence-electron chi connectivity index (χ4n) is 2.48. The topological polar surface area (TPSA) is 126 Å². The summed E-state index contributed by atoms with van der Waals surface area (Å²) in [7, 11) is 0. The van der Waals surface area contributed by atoms with E-state index in [1.54, 1.807) is 6.07 Å². The predicted molar refractivity (Wildman–Crippen MR) is 88.5 cm³/mol. The van der Waals surface area contributed by atoms with Crippen molar-refractivity contribution in [3.63, 3.8) is 0 Å². The molecule has 1 aromatic carbocycles. The Morgan fingerprint density at radius 3 is 2.68 bits per heavy atom. The number of ketones is 1. The number of pyridine rings is 1. The molecular formula is C17H13N3O5. The van der Waals surface area contributed by atoms with Crippen LogP contribution in [0.3, 0.4) is 0 Å². The van der Waals surface area contributed by atoms with Crippen molar-refractivity contribution in [2.24, 2.45) is 0 Å². The Hall–Kier alpha value is -3.73. The largest absolute Gasteiger partial charge is 0.494 e. The molecule has 1 aromatic heterocycles. The van der Waals surface area contributed by atoms with Crippen molar-refractivity contribution in [2.75, 3.05) is 0 Å². The molecule has 0 unspecified atom stereocenters. The van der Waals surface area contributed by atoms with Crippen molar-refractivity contribution in [3.8, 4) is 11.9 Å². The second-order valence-electron chi connectivity index (χ2n) is 5.12. The maximum Gasteiger partial charge on any atom is 0.280 e. The van der Waals surface area contributed by atoms with Crippen molar-refractivity contribution >= 4 is 11.5 Å². The van der Waals surface area contributed by atoms with Gasteiger partial charge in [-0.25, -0.2) is 0 Å². The normalized spacial score (nSPS) is 10.1. The van der Waals surface area contributed by atoms with Gasteiger partial charge in [0.25, 0.3) is 11.2 Å². The second-order valence-corrected chi connectivity index (χ2v) is 5.12. The number of hydrogen-bond donors (Lipinski definition) is 1. The summed E-state index contributed by atoms with van der Waals surface area (Å²) in [5.41, 5.74) is -2.14. The Bertz CT molecular complexity index is 999. The number of carbonyl (C=O) groups is 1. The third kappa shape index (κ3) is 2.90. The molecule has 0 aliphatic carbocycles. The van der Waals surface area contributed by atoms with Crippen LogP contribution in [0.1, 0.15) is 27.0 Å². The Labute approximate surface area is 142 Å². The first kappa shape index (κ1) is 17.6. The smallest absolute Gasteiger partial charge is 0.280 e. The molecular weight excluding hydrogens is 326 g/mol. The minimum absolute atomic E-state index is 0.0338. The van der Waals surface area contributed by atoms with Gasteiger partial charge in [0.1, 0.15) is 17.2 Å². The van der Waals surface area contributed by atoms with Crippen LogP contribution in [0.2, 0.25) is 0 Å². The first-order valence-electron chi connectivity index (χ1n) is 7.10.